The number of unbranched alkanes of at least 4 members (excludes halogenated alkanes) is 8. The van der Waals surface area contributed by atoms with Gasteiger partial charge in [-0.05, 0) is 43.7 Å². The van der Waals surface area contributed by atoms with E-state index in [4.69, 9.17) is 39.6 Å². The Hall–Kier alpha value is -7.90. The van der Waals surface area contributed by atoms with Crippen LogP contribution in [0.4, 0.5) is 38.2 Å². The smallest absolute Gasteiger partial charge is 0.481 e. The molecule has 20 heteroatoms. The molecule has 0 saturated heterocycles. The zero-order valence-electron chi connectivity index (χ0n) is 40.7. The van der Waals surface area contributed by atoms with Crippen molar-refractivity contribution < 1.29 is 65.6 Å². The maximum absolute atomic E-state index is 11.3. The van der Waals surface area contributed by atoms with Crippen LogP contribution in [0.15, 0.2) is 134 Å². The normalized spacial score (nSPS) is 10.7. The van der Waals surface area contributed by atoms with E-state index in [2.05, 4.69) is 69.1 Å². The Morgan fingerprint density at radius 2 is 0.784 bits per heavy atom. The minimum absolute atomic E-state index is 0.0884. The molecule has 4 aromatic carbocycles. The van der Waals surface area contributed by atoms with Crippen LogP contribution >= 0.6 is 0 Å². The van der Waals surface area contributed by atoms with Crippen molar-refractivity contribution in [3.05, 3.63) is 134 Å². The van der Waals surface area contributed by atoms with Gasteiger partial charge in [-0.2, -0.15) is 26.3 Å². The zero-order valence-corrected chi connectivity index (χ0v) is 40.7. The van der Waals surface area contributed by atoms with Gasteiger partial charge in [0.1, 0.15) is 0 Å². The molecular weight excluding hydrogens is 975 g/mol. The Labute approximate surface area is 425 Å². The van der Waals surface area contributed by atoms with E-state index < -0.39 is 30.3 Å². The number of anilines is 2. The summed E-state index contributed by atoms with van der Waals surface area (Å²) in [7, 11) is 0. The van der Waals surface area contributed by atoms with E-state index in [9.17, 15) is 35.9 Å². The Morgan fingerprint density at radius 3 is 1.11 bits per heavy atom. The van der Waals surface area contributed by atoms with Gasteiger partial charge in [0.25, 0.3) is 0 Å². The second kappa shape index (κ2) is 32.9. The molecular formula is C54H60F6N6O8. The molecule has 0 atom stereocenters. The standard InChI is InChI=1S/C26H31N3O2.C24H27N3O2.2C2HF3O2/c1-2-31-24(30)18-12-4-3-5-13-19-27-26-28-20-23(21-14-8-6-9-15-21)25(29-26)22-16-10-7-11-17-22;28-22(29)16-10-2-1-3-11-17-25-24-26-18-21(19-12-6-4-7-13-19)23(27-24)20-14-8-5-9-15-20;2*3-2(4,5)1(6)7/h6-11,14-17,20H,2-5,12-13,18-19H2,1H3,(H,27,28,29);4-9,12-15,18H,1-3,10-11,16-17H2,(H,28,29)(H,25,26,27);2*(H,6,7). The number of rotatable bonds is 23. The average Bonchev–Trinajstić information content (AvgIpc) is 3.39. The van der Waals surface area contributed by atoms with Gasteiger partial charge >= 0.3 is 36.2 Å². The van der Waals surface area contributed by atoms with E-state index in [0.717, 1.165) is 122 Å². The maximum Gasteiger partial charge on any atom is 0.490 e. The van der Waals surface area contributed by atoms with E-state index in [-0.39, 0.29) is 12.4 Å². The van der Waals surface area contributed by atoms with Crippen molar-refractivity contribution in [1.29, 1.82) is 0 Å². The number of carbonyl (C=O) groups excluding carboxylic acids is 1. The van der Waals surface area contributed by atoms with Crippen molar-refractivity contribution in [2.45, 2.75) is 96.3 Å². The number of ether oxygens (including phenoxy) is 1. The van der Waals surface area contributed by atoms with Crippen LogP contribution in [0.3, 0.4) is 0 Å². The fraction of sp³-hybridized carbons (Fsp3) is 0.333. The molecule has 6 rings (SSSR count). The van der Waals surface area contributed by atoms with Gasteiger partial charge in [0.05, 0.1) is 18.0 Å². The summed E-state index contributed by atoms with van der Waals surface area (Å²) in [5, 5.41) is 29.6. The highest BCUT2D eigenvalue weighted by Gasteiger charge is 2.39. The van der Waals surface area contributed by atoms with Gasteiger partial charge < -0.3 is 30.7 Å². The average molecular weight is 1040 g/mol. The van der Waals surface area contributed by atoms with E-state index in [0.29, 0.717) is 24.9 Å². The lowest BCUT2D eigenvalue weighted by molar-refractivity contribution is -0.193. The molecule has 0 spiro atoms. The first kappa shape index (κ1) is 60.4. The lowest BCUT2D eigenvalue weighted by Gasteiger charge is -2.12. The van der Waals surface area contributed by atoms with Gasteiger partial charge in [-0.1, -0.05) is 160 Å². The number of carbonyl (C=O) groups is 4. The van der Waals surface area contributed by atoms with Gasteiger partial charge in [-0.25, -0.2) is 29.5 Å². The van der Waals surface area contributed by atoms with Crippen LogP contribution in [0.1, 0.15) is 84.0 Å². The third kappa shape index (κ3) is 24.0. The molecule has 0 aliphatic heterocycles. The van der Waals surface area contributed by atoms with Gasteiger partial charge in [-0.15, -0.1) is 0 Å². The molecule has 0 bridgehead atoms. The molecule has 5 N–H and O–H groups in total. The van der Waals surface area contributed by atoms with Crippen LogP contribution in [0.5, 0.6) is 0 Å². The maximum atomic E-state index is 11.3. The Balaban J connectivity index is 0.000000311. The first-order chi connectivity index (χ1) is 35.4. The van der Waals surface area contributed by atoms with Gasteiger partial charge in [0.15, 0.2) is 0 Å². The number of aromatic nitrogens is 4. The number of halogens is 6. The molecule has 2 heterocycles. The summed E-state index contributed by atoms with van der Waals surface area (Å²) < 4.78 is 68.4. The molecule has 2 aromatic heterocycles. The molecule has 14 nitrogen and oxygen atoms in total. The fourth-order valence-electron chi connectivity index (χ4n) is 6.71. The molecule has 0 unspecified atom stereocenters. The molecule has 0 aliphatic carbocycles. The van der Waals surface area contributed by atoms with Crippen LogP contribution in [-0.4, -0.2) is 91.2 Å². The summed E-state index contributed by atoms with van der Waals surface area (Å²) in [5.74, 6) is -5.03. The summed E-state index contributed by atoms with van der Waals surface area (Å²) in [5.41, 5.74) is 8.24. The highest BCUT2D eigenvalue weighted by Crippen LogP contribution is 2.32. The summed E-state index contributed by atoms with van der Waals surface area (Å²) in [6.45, 7) is 3.94. The Morgan fingerprint density at radius 1 is 0.473 bits per heavy atom. The van der Waals surface area contributed by atoms with E-state index in [1.54, 1.807) is 0 Å². The number of benzene rings is 4. The van der Waals surface area contributed by atoms with E-state index >= 15 is 0 Å². The highest BCUT2D eigenvalue weighted by molar-refractivity contribution is 5.82. The number of nitrogens with one attached hydrogen (secondary N) is 2. The minimum atomic E-state index is -5.08. The summed E-state index contributed by atoms with van der Waals surface area (Å²) in [6.07, 6.45) is 4.50. The number of carboxylic acids is 3. The molecule has 0 amide bonds. The Bertz CT molecular complexity index is 2550. The molecule has 6 aromatic rings. The lowest BCUT2D eigenvalue weighted by atomic mass is 10.0. The monoisotopic (exact) mass is 1030 g/mol. The first-order valence-corrected chi connectivity index (χ1v) is 23.8. The topological polar surface area (TPSA) is 214 Å². The van der Waals surface area contributed by atoms with Crippen LogP contribution in [0, 0.1) is 0 Å². The number of hydrogen-bond donors (Lipinski definition) is 5. The van der Waals surface area contributed by atoms with Crippen molar-refractivity contribution >= 4 is 35.8 Å². The third-order valence-corrected chi connectivity index (χ3v) is 10.3. The number of esters is 1. The number of carboxylic acid groups (broad SMARTS) is 3. The third-order valence-electron chi connectivity index (χ3n) is 10.3. The first-order valence-electron chi connectivity index (χ1n) is 23.8. The second-order valence-corrected chi connectivity index (χ2v) is 16.1. The van der Waals surface area contributed by atoms with Crippen molar-refractivity contribution in [1.82, 2.24) is 19.9 Å². The van der Waals surface area contributed by atoms with Gasteiger partial charge in [0.2, 0.25) is 11.9 Å². The lowest BCUT2D eigenvalue weighted by Crippen LogP contribution is -2.21. The molecule has 0 aliphatic rings. The van der Waals surface area contributed by atoms with Gasteiger partial charge in [-0.3, -0.25) is 9.59 Å². The Kier molecular flexibility index (Phi) is 26.9. The number of hydrogen-bond acceptors (Lipinski definition) is 11. The quantitative estimate of drug-likeness (QED) is 0.0229. The largest absolute Gasteiger partial charge is 0.490 e. The van der Waals surface area contributed by atoms with Crippen LogP contribution in [-0.2, 0) is 23.9 Å². The van der Waals surface area contributed by atoms with Crippen LogP contribution in [0.25, 0.3) is 44.8 Å². The van der Waals surface area contributed by atoms with Gasteiger partial charge in [0, 0.05) is 60.6 Å². The van der Waals surface area contributed by atoms with E-state index in [1.807, 2.05) is 92.1 Å². The summed E-state index contributed by atoms with van der Waals surface area (Å²) >= 11 is 0. The van der Waals surface area contributed by atoms with Crippen molar-refractivity contribution in [3.8, 4) is 44.8 Å². The predicted octanol–water partition coefficient (Wildman–Crippen LogP) is 13.0. The molecule has 74 heavy (non-hydrogen) atoms. The number of aliphatic carboxylic acids is 3. The molecule has 0 saturated carbocycles. The highest BCUT2D eigenvalue weighted by atomic mass is 19.4. The number of alkyl halides is 6. The molecule has 396 valence electrons. The zero-order chi connectivity index (χ0) is 54.2. The fourth-order valence-corrected chi connectivity index (χ4v) is 6.71. The second-order valence-electron chi connectivity index (χ2n) is 16.1. The number of nitrogens with zero attached hydrogens (tertiary/aromatic N) is 4. The van der Waals surface area contributed by atoms with Crippen molar-refractivity contribution in [2.24, 2.45) is 0 Å². The molecule has 0 fully saturated rings. The summed E-state index contributed by atoms with van der Waals surface area (Å²) in [6, 6.07) is 40.8. The van der Waals surface area contributed by atoms with Crippen LogP contribution < -0.4 is 10.6 Å². The molecule has 0 radical (unpaired) electrons. The van der Waals surface area contributed by atoms with Crippen molar-refractivity contribution in [3.63, 3.8) is 0 Å². The van der Waals surface area contributed by atoms with Crippen LogP contribution in [0.2, 0.25) is 0 Å². The summed E-state index contributed by atoms with van der Waals surface area (Å²) in [4.78, 5) is 58.3. The predicted molar refractivity (Wildman–Crippen MR) is 270 cm³/mol. The minimum Gasteiger partial charge on any atom is -0.481 e. The van der Waals surface area contributed by atoms with Crippen molar-refractivity contribution in [2.75, 3.05) is 30.3 Å². The SMILES string of the molecule is CCOC(=O)CCCCCCCNc1ncc(-c2ccccc2)c(-c2ccccc2)n1.O=C(O)C(F)(F)F.O=C(O)C(F)(F)F.O=C(O)CCCCCCCNc1ncc(-c2ccccc2)c(-c2ccccc2)n1. The van der Waals surface area contributed by atoms with E-state index in [1.165, 1.54) is 0 Å².